The van der Waals surface area contributed by atoms with Crippen LogP contribution in [0.15, 0.2) is 39.6 Å². The summed E-state index contributed by atoms with van der Waals surface area (Å²) in [6, 6.07) is 7.78. The van der Waals surface area contributed by atoms with Gasteiger partial charge in [-0.15, -0.1) is 0 Å². The first-order valence-corrected chi connectivity index (χ1v) is 7.50. The molecular weight excluding hydrogens is 357 g/mol. The van der Waals surface area contributed by atoms with Gasteiger partial charge >= 0.3 is 5.76 Å². The molecule has 0 saturated carbocycles. The number of aromatic hydroxyl groups is 2. The number of H-pyrrole nitrogens is 1. The molecule has 0 saturated heterocycles. The van der Waals surface area contributed by atoms with E-state index in [0.29, 0.717) is 22.8 Å². The summed E-state index contributed by atoms with van der Waals surface area (Å²) in [4.78, 5) is 13.3. The minimum Gasteiger partial charge on any atom is -0.507 e. The van der Waals surface area contributed by atoms with Crippen LogP contribution in [0.2, 0.25) is 10.0 Å². The highest BCUT2D eigenvalue weighted by Gasteiger charge is 2.11. The van der Waals surface area contributed by atoms with Crippen molar-refractivity contribution in [1.82, 2.24) is 10.1 Å². The van der Waals surface area contributed by atoms with Crippen LogP contribution in [0.3, 0.4) is 0 Å². The van der Waals surface area contributed by atoms with Gasteiger partial charge in [0.25, 0.3) is 0 Å². The van der Waals surface area contributed by atoms with E-state index in [2.05, 4.69) is 20.0 Å². The third-order valence-electron chi connectivity index (χ3n) is 3.27. The predicted molar refractivity (Wildman–Crippen MR) is 89.7 cm³/mol. The number of phenolic OH excluding ortho intramolecular Hbond substituents is 2. The van der Waals surface area contributed by atoms with Crippen LogP contribution in [0.5, 0.6) is 11.5 Å². The Morgan fingerprint density at radius 3 is 2.67 bits per heavy atom. The lowest BCUT2D eigenvalue weighted by atomic mass is 10.1. The Morgan fingerprint density at radius 2 is 2.00 bits per heavy atom. The van der Waals surface area contributed by atoms with Crippen molar-refractivity contribution in [2.45, 2.75) is 6.54 Å². The van der Waals surface area contributed by atoms with Gasteiger partial charge in [-0.3, -0.25) is 9.51 Å². The van der Waals surface area contributed by atoms with Gasteiger partial charge in [-0.2, -0.15) is 0 Å². The number of rotatable bonds is 4. The average molecular weight is 368 g/mol. The zero-order valence-electron chi connectivity index (χ0n) is 12.0. The van der Waals surface area contributed by atoms with E-state index < -0.39 is 5.76 Å². The van der Waals surface area contributed by atoms with Gasteiger partial charge in [0, 0.05) is 11.6 Å². The number of nitrogens with zero attached hydrogens (tertiary/aromatic N) is 1. The van der Waals surface area contributed by atoms with Crippen LogP contribution < -0.4 is 11.1 Å². The van der Waals surface area contributed by atoms with Gasteiger partial charge in [0.1, 0.15) is 5.75 Å². The van der Waals surface area contributed by atoms with E-state index in [1.165, 1.54) is 18.2 Å². The molecule has 3 aromatic rings. The van der Waals surface area contributed by atoms with Crippen molar-refractivity contribution in [2.24, 2.45) is 0 Å². The van der Waals surface area contributed by atoms with Crippen LogP contribution in [0.1, 0.15) is 5.56 Å². The highest BCUT2D eigenvalue weighted by molar-refractivity contribution is 6.36. The minimum atomic E-state index is -0.705. The summed E-state index contributed by atoms with van der Waals surface area (Å²) < 4.78 is 4.41. The second-order valence-electron chi connectivity index (χ2n) is 4.93. The molecule has 7 nitrogen and oxygen atoms in total. The number of phenols is 2. The number of anilines is 1. The second kappa shape index (κ2) is 6.46. The van der Waals surface area contributed by atoms with Gasteiger partial charge in [-0.25, -0.2) is 4.79 Å². The van der Waals surface area contributed by atoms with Crippen LogP contribution >= 0.6 is 23.2 Å². The first-order chi connectivity index (χ1) is 11.4. The average Bonchev–Trinajstić information content (AvgIpc) is 2.95. The molecule has 0 spiro atoms. The van der Waals surface area contributed by atoms with Crippen molar-refractivity contribution in [1.29, 1.82) is 0 Å². The van der Waals surface area contributed by atoms with Crippen molar-refractivity contribution >= 4 is 28.9 Å². The monoisotopic (exact) mass is 367 g/mol. The van der Waals surface area contributed by atoms with Gasteiger partial charge in [0.15, 0.2) is 11.6 Å². The normalized spacial score (nSPS) is 10.8. The molecular formula is C15H11Cl2N3O4. The third kappa shape index (κ3) is 3.32. The second-order valence-corrected chi connectivity index (χ2v) is 5.78. The fourth-order valence-electron chi connectivity index (χ4n) is 2.13. The molecule has 0 aliphatic heterocycles. The molecule has 0 radical (unpaired) electrons. The van der Waals surface area contributed by atoms with Crippen LogP contribution in [0, 0.1) is 0 Å². The summed E-state index contributed by atoms with van der Waals surface area (Å²) in [5.74, 6) is -0.756. The topological polar surface area (TPSA) is 111 Å². The molecule has 1 aromatic heterocycles. The van der Waals surface area contributed by atoms with Gasteiger partial charge in [-0.05, 0) is 29.8 Å². The maximum atomic E-state index is 11.0. The Balaban J connectivity index is 1.80. The number of aromatic nitrogens is 2. The quantitative estimate of drug-likeness (QED) is 0.526. The van der Waals surface area contributed by atoms with E-state index in [4.69, 9.17) is 23.2 Å². The van der Waals surface area contributed by atoms with Crippen LogP contribution in [0.4, 0.5) is 5.69 Å². The van der Waals surface area contributed by atoms with E-state index in [0.717, 1.165) is 5.56 Å². The fraction of sp³-hybridized carbons (Fsp3) is 0.0667. The van der Waals surface area contributed by atoms with Crippen molar-refractivity contribution in [3.63, 3.8) is 0 Å². The summed E-state index contributed by atoms with van der Waals surface area (Å²) in [6.07, 6.45) is 0. The minimum absolute atomic E-state index is 0.0767. The van der Waals surface area contributed by atoms with Crippen molar-refractivity contribution in [3.05, 3.63) is 56.5 Å². The lowest BCUT2D eigenvalue weighted by molar-refractivity contribution is 0.387. The molecule has 124 valence electrons. The Labute approximate surface area is 145 Å². The third-order valence-corrected chi connectivity index (χ3v) is 3.78. The number of hydrogen-bond acceptors (Lipinski definition) is 6. The molecule has 3 rings (SSSR count). The lowest BCUT2D eigenvalue weighted by Gasteiger charge is -2.11. The predicted octanol–water partition coefficient (Wildman–Crippen LogP) is 3.36. The van der Waals surface area contributed by atoms with E-state index in [1.807, 2.05) is 0 Å². The molecule has 0 unspecified atom stereocenters. The Bertz CT molecular complexity index is 952. The Hall–Kier alpha value is -2.64. The van der Waals surface area contributed by atoms with E-state index in [9.17, 15) is 15.0 Å². The van der Waals surface area contributed by atoms with E-state index >= 15 is 0 Å². The van der Waals surface area contributed by atoms with Gasteiger partial charge in [0.05, 0.1) is 16.3 Å². The van der Waals surface area contributed by atoms with Gasteiger partial charge in [0.2, 0.25) is 0 Å². The van der Waals surface area contributed by atoms with Gasteiger partial charge in [-0.1, -0.05) is 34.4 Å². The largest absolute Gasteiger partial charge is 0.507 e. The summed E-state index contributed by atoms with van der Waals surface area (Å²) >= 11 is 11.8. The molecule has 0 amide bonds. The summed E-state index contributed by atoms with van der Waals surface area (Å²) in [5.41, 5.74) is 1.42. The SMILES string of the molecule is O=c1[nH]c(-c2ccc(CNc3cc(Cl)cc(Cl)c3O)cc2O)no1. The Morgan fingerprint density at radius 1 is 1.21 bits per heavy atom. The number of hydrogen-bond donors (Lipinski definition) is 4. The maximum absolute atomic E-state index is 11.0. The highest BCUT2D eigenvalue weighted by atomic mass is 35.5. The van der Waals surface area contributed by atoms with Crippen LogP contribution in [0.25, 0.3) is 11.4 Å². The Kier molecular flexibility index (Phi) is 4.37. The molecule has 0 atom stereocenters. The molecule has 4 N–H and O–H groups in total. The summed E-state index contributed by atoms with van der Waals surface area (Å²) in [5, 5.41) is 27.0. The van der Waals surface area contributed by atoms with Crippen molar-refractivity contribution in [2.75, 3.05) is 5.32 Å². The first kappa shape index (κ1) is 16.2. The molecule has 0 aliphatic rings. The number of nitrogens with one attached hydrogen (secondary N) is 2. The molecule has 2 aromatic carbocycles. The van der Waals surface area contributed by atoms with E-state index in [1.54, 1.807) is 12.1 Å². The first-order valence-electron chi connectivity index (χ1n) is 6.74. The zero-order valence-corrected chi connectivity index (χ0v) is 13.5. The fourth-order valence-corrected chi connectivity index (χ4v) is 2.62. The van der Waals surface area contributed by atoms with Gasteiger partial charge < -0.3 is 15.5 Å². The van der Waals surface area contributed by atoms with Crippen molar-refractivity contribution < 1.29 is 14.7 Å². The summed E-state index contributed by atoms with van der Waals surface area (Å²) in [6.45, 7) is 0.299. The summed E-state index contributed by atoms with van der Waals surface area (Å²) in [7, 11) is 0. The number of aromatic amines is 1. The molecule has 9 heteroatoms. The maximum Gasteiger partial charge on any atom is 0.439 e. The standard InChI is InChI=1S/C15H11Cl2N3O4/c16-8-4-10(17)13(22)11(5-8)18-6-7-1-2-9(12(21)3-7)14-19-15(23)24-20-14/h1-5,18,21-22H,6H2,(H,19,20,23). The number of halogens is 2. The molecule has 0 aliphatic carbocycles. The lowest BCUT2D eigenvalue weighted by Crippen LogP contribution is -2.00. The van der Waals surface area contributed by atoms with Crippen LogP contribution in [-0.4, -0.2) is 20.4 Å². The highest BCUT2D eigenvalue weighted by Crippen LogP contribution is 2.35. The van der Waals surface area contributed by atoms with E-state index in [-0.39, 0.29) is 22.3 Å². The zero-order chi connectivity index (χ0) is 17.3. The van der Waals surface area contributed by atoms with Crippen molar-refractivity contribution in [3.8, 4) is 22.9 Å². The molecule has 1 heterocycles. The van der Waals surface area contributed by atoms with Crippen LogP contribution in [-0.2, 0) is 6.54 Å². The molecule has 0 bridgehead atoms. The smallest absolute Gasteiger partial charge is 0.439 e. The molecule has 0 fully saturated rings. The number of benzene rings is 2. The molecule has 24 heavy (non-hydrogen) atoms.